The quantitative estimate of drug-likeness (QED) is 0.462. The molecule has 2 aromatic rings. The maximum atomic E-state index is 12.2. The first kappa shape index (κ1) is 23.1. The Balaban J connectivity index is 1.95. The fraction of sp³-hybridized carbons (Fsp3) is 0.476. The Labute approximate surface area is 175 Å². The Kier molecular flexibility index (Phi) is 8.52. The summed E-state index contributed by atoms with van der Waals surface area (Å²) in [4.78, 5) is 40.3. The molecule has 0 atom stereocenters. The van der Waals surface area contributed by atoms with Crippen molar-refractivity contribution in [2.75, 3.05) is 13.2 Å². The summed E-state index contributed by atoms with van der Waals surface area (Å²) in [6.45, 7) is 7.58. The lowest BCUT2D eigenvalue weighted by atomic mass is 10.0. The van der Waals surface area contributed by atoms with Crippen LogP contribution in [-0.4, -0.2) is 47.2 Å². The number of hydrogen-bond acceptors (Lipinski definition) is 8. The number of carbonyl (C=O) groups is 3. The molecule has 1 N–H and O–H groups in total. The SMILES string of the molecule is CCOC(=O)C(NC(=O)CCc1nc(-c2ccc(C(C)C)cc2)no1)C(=O)OCC. The molecule has 0 aliphatic carbocycles. The number of benzene rings is 1. The van der Waals surface area contributed by atoms with E-state index in [9.17, 15) is 14.4 Å². The number of aromatic nitrogens is 2. The molecule has 0 aliphatic heterocycles. The van der Waals surface area contributed by atoms with Gasteiger partial charge >= 0.3 is 11.9 Å². The molecule has 9 heteroatoms. The van der Waals surface area contributed by atoms with Gasteiger partial charge in [0.1, 0.15) is 0 Å². The van der Waals surface area contributed by atoms with Crippen molar-refractivity contribution in [3.05, 3.63) is 35.7 Å². The van der Waals surface area contributed by atoms with Crippen molar-refractivity contribution in [3.63, 3.8) is 0 Å². The van der Waals surface area contributed by atoms with E-state index in [1.807, 2.05) is 24.3 Å². The summed E-state index contributed by atoms with van der Waals surface area (Å²) in [5, 5.41) is 6.27. The maximum Gasteiger partial charge on any atom is 0.340 e. The lowest BCUT2D eigenvalue weighted by molar-refractivity contribution is -0.159. The van der Waals surface area contributed by atoms with Crippen molar-refractivity contribution >= 4 is 17.8 Å². The molecule has 1 aromatic carbocycles. The zero-order valence-corrected chi connectivity index (χ0v) is 17.6. The lowest BCUT2D eigenvalue weighted by Gasteiger charge is -2.15. The van der Waals surface area contributed by atoms with Gasteiger partial charge in [0.2, 0.25) is 23.7 Å². The molecule has 1 aromatic heterocycles. The Morgan fingerprint density at radius 3 is 2.17 bits per heavy atom. The van der Waals surface area contributed by atoms with Gasteiger partial charge in [0.15, 0.2) is 0 Å². The number of nitrogens with one attached hydrogen (secondary N) is 1. The molecule has 30 heavy (non-hydrogen) atoms. The zero-order chi connectivity index (χ0) is 22.1. The predicted molar refractivity (Wildman–Crippen MR) is 107 cm³/mol. The highest BCUT2D eigenvalue weighted by Crippen LogP contribution is 2.20. The minimum Gasteiger partial charge on any atom is -0.464 e. The molecule has 0 unspecified atom stereocenters. The van der Waals surface area contributed by atoms with E-state index in [1.54, 1.807) is 13.8 Å². The number of amides is 1. The average molecular weight is 417 g/mol. The van der Waals surface area contributed by atoms with Gasteiger partial charge in [0.25, 0.3) is 0 Å². The summed E-state index contributed by atoms with van der Waals surface area (Å²) in [5.41, 5.74) is 2.01. The van der Waals surface area contributed by atoms with E-state index in [0.717, 1.165) is 5.56 Å². The summed E-state index contributed by atoms with van der Waals surface area (Å²) < 4.78 is 14.8. The molecule has 0 fully saturated rings. The highest BCUT2D eigenvalue weighted by Gasteiger charge is 2.31. The van der Waals surface area contributed by atoms with E-state index in [4.69, 9.17) is 14.0 Å². The van der Waals surface area contributed by atoms with Crippen molar-refractivity contribution in [1.29, 1.82) is 0 Å². The lowest BCUT2D eigenvalue weighted by Crippen LogP contribution is -2.48. The zero-order valence-electron chi connectivity index (χ0n) is 17.6. The van der Waals surface area contributed by atoms with E-state index in [1.165, 1.54) is 5.56 Å². The molecular formula is C21H27N3O6. The van der Waals surface area contributed by atoms with E-state index in [-0.39, 0.29) is 31.9 Å². The molecule has 0 radical (unpaired) electrons. The Morgan fingerprint density at radius 1 is 1.03 bits per heavy atom. The minimum atomic E-state index is -1.50. The number of ether oxygens (including phenoxy) is 2. The van der Waals surface area contributed by atoms with Gasteiger partial charge in [-0.1, -0.05) is 43.3 Å². The van der Waals surface area contributed by atoms with Gasteiger partial charge in [-0.25, -0.2) is 9.59 Å². The van der Waals surface area contributed by atoms with Crippen molar-refractivity contribution in [2.24, 2.45) is 0 Å². The highest BCUT2D eigenvalue weighted by molar-refractivity contribution is 6.02. The third kappa shape index (κ3) is 6.40. The molecule has 0 spiro atoms. The van der Waals surface area contributed by atoms with Crippen molar-refractivity contribution in [1.82, 2.24) is 15.5 Å². The number of esters is 2. The Morgan fingerprint density at radius 2 is 1.63 bits per heavy atom. The number of hydrogen-bond donors (Lipinski definition) is 1. The van der Waals surface area contributed by atoms with Gasteiger partial charge in [-0.2, -0.15) is 4.98 Å². The number of aryl methyl sites for hydroxylation is 1. The topological polar surface area (TPSA) is 121 Å². The summed E-state index contributed by atoms with van der Waals surface area (Å²) in [6.07, 6.45) is 0.102. The third-order valence-corrected chi connectivity index (χ3v) is 4.22. The molecular weight excluding hydrogens is 390 g/mol. The highest BCUT2D eigenvalue weighted by atomic mass is 16.6. The molecule has 162 valence electrons. The van der Waals surface area contributed by atoms with Crippen molar-refractivity contribution in [3.8, 4) is 11.4 Å². The molecule has 1 amide bonds. The maximum absolute atomic E-state index is 12.2. The number of rotatable bonds is 10. The standard InChI is InChI=1S/C21H27N3O6/c1-5-28-20(26)18(21(27)29-6-2)22-16(25)11-12-17-23-19(24-30-17)15-9-7-14(8-10-15)13(3)4/h7-10,13,18H,5-6,11-12H2,1-4H3,(H,22,25). The molecule has 0 saturated heterocycles. The van der Waals surface area contributed by atoms with Crippen LogP contribution in [0.3, 0.4) is 0 Å². The van der Waals surface area contributed by atoms with Crippen LogP contribution < -0.4 is 5.32 Å². The van der Waals surface area contributed by atoms with Crippen molar-refractivity contribution < 1.29 is 28.4 Å². The molecule has 0 aliphatic rings. The van der Waals surface area contributed by atoms with Gasteiger partial charge in [-0.15, -0.1) is 0 Å². The van der Waals surface area contributed by atoms with Crippen LogP contribution in [0.15, 0.2) is 28.8 Å². The van der Waals surface area contributed by atoms with Crippen LogP contribution >= 0.6 is 0 Å². The molecule has 1 heterocycles. The first-order valence-electron chi connectivity index (χ1n) is 9.91. The second kappa shape index (κ2) is 11.1. The monoisotopic (exact) mass is 417 g/mol. The predicted octanol–water partition coefficient (Wildman–Crippen LogP) is 2.40. The minimum absolute atomic E-state index is 0.0524. The first-order valence-corrected chi connectivity index (χ1v) is 9.91. The number of nitrogens with zero attached hydrogens (tertiary/aromatic N) is 2. The van der Waals surface area contributed by atoms with Crippen LogP contribution in [0.1, 0.15) is 51.5 Å². The van der Waals surface area contributed by atoms with Crippen LogP contribution in [0.5, 0.6) is 0 Å². The summed E-state index contributed by atoms with van der Waals surface area (Å²) in [5.74, 6) is -1.15. The largest absolute Gasteiger partial charge is 0.464 e. The molecule has 2 rings (SSSR count). The van der Waals surface area contributed by atoms with Crippen molar-refractivity contribution in [2.45, 2.75) is 52.5 Å². The van der Waals surface area contributed by atoms with Gasteiger partial charge in [-0.05, 0) is 25.3 Å². The molecule has 0 bridgehead atoms. The summed E-state index contributed by atoms with van der Waals surface area (Å²) in [7, 11) is 0. The summed E-state index contributed by atoms with van der Waals surface area (Å²) >= 11 is 0. The second-order valence-corrected chi connectivity index (χ2v) is 6.79. The van der Waals surface area contributed by atoms with Crippen LogP contribution in [-0.2, 0) is 30.3 Å². The van der Waals surface area contributed by atoms with Crippen LogP contribution in [0.25, 0.3) is 11.4 Å². The van der Waals surface area contributed by atoms with Gasteiger partial charge < -0.3 is 19.3 Å². The molecule has 0 saturated carbocycles. The van der Waals surface area contributed by atoms with E-state index in [2.05, 4.69) is 29.3 Å². The first-order chi connectivity index (χ1) is 14.3. The average Bonchev–Trinajstić information content (AvgIpc) is 3.20. The number of carbonyl (C=O) groups excluding carboxylic acids is 3. The normalized spacial score (nSPS) is 10.9. The molecule has 9 nitrogen and oxygen atoms in total. The Bertz CT molecular complexity index is 842. The van der Waals surface area contributed by atoms with Gasteiger partial charge in [0.05, 0.1) is 13.2 Å². The third-order valence-electron chi connectivity index (χ3n) is 4.22. The second-order valence-electron chi connectivity index (χ2n) is 6.79. The van der Waals surface area contributed by atoms with Crippen LogP contribution in [0, 0.1) is 0 Å². The van der Waals surface area contributed by atoms with Gasteiger partial charge in [0, 0.05) is 18.4 Å². The van der Waals surface area contributed by atoms with Crippen LogP contribution in [0.4, 0.5) is 0 Å². The van der Waals surface area contributed by atoms with Gasteiger partial charge in [-0.3, -0.25) is 4.79 Å². The summed E-state index contributed by atoms with van der Waals surface area (Å²) in [6, 6.07) is 6.35. The Hall–Kier alpha value is -3.23. The van der Waals surface area contributed by atoms with E-state index in [0.29, 0.717) is 11.7 Å². The fourth-order valence-electron chi connectivity index (χ4n) is 2.61. The van der Waals surface area contributed by atoms with E-state index >= 15 is 0 Å². The smallest absolute Gasteiger partial charge is 0.340 e. The van der Waals surface area contributed by atoms with E-state index < -0.39 is 23.9 Å². The fourth-order valence-corrected chi connectivity index (χ4v) is 2.61. The van der Waals surface area contributed by atoms with Crippen LogP contribution in [0.2, 0.25) is 0 Å².